The number of allylic oxidation sites excluding steroid dienone is 3. The van der Waals surface area contributed by atoms with Crippen LogP contribution in [0.1, 0.15) is 64.4 Å². The van der Waals surface area contributed by atoms with Crippen molar-refractivity contribution in [3.63, 3.8) is 0 Å². The zero-order chi connectivity index (χ0) is 22.3. The van der Waals surface area contributed by atoms with Crippen molar-refractivity contribution in [1.29, 1.82) is 0 Å². The number of carbonyl (C=O) groups is 2. The highest BCUT2D eigenvalue weighted by Gasteiger charge is 2.43. The van der Waals surface area contributed by atoms with Crippen molar-refractivity contribution >= 4 is 27.6 Å². The van der Waals surface area contributed by atoms with E-state index in [2.05, 4.69) is 35.1 Å². The van der Waals surface area contributed by atoms with Crippen LogP contribution in [0.15, 0.2) is 45.2 Å². The van der Waals surface area contributed by atoms with Crippen molar-refractivity contribution in [2.24, 2.45) is 5.41 Å². The lowest BCUT2D eigenvalue weighted by Gasteiger charge is -2.41. The Balaban J connectivity index is 1.84. The van der Waals surface area contributed by atoms with Crippen LogP contribution in [0.25, 0.3) is 0 Å². The van der Waals surface area contributed by atoms with Crippen LogP contribution >= 0.6 is 15.9 Å². The molecular weight excluding hydrogens is 456 g/mol. The molecular formula is C25H31BrN2O3. The molecule has 0 saturated carbocycles. The number of hydrogen-bond donors (Lipinski definition) is 1. The molecule has 1 saturated heterocycles. The third kappa shape index (κ3) is 4.19. The molecule has 1 N–H and O–H groups in total. The van der Waals surface area contributed by atoms with E-state index in [1.54, 1.807) is 7.11 Å². The maximum absolute atomic E-state index is 13.7. The Kier molecular flexibility index (Phi) is 6.03. The summed E-state index contributed by atoms with van der Waals surface area (Å²) in [5.74, 6) is 0.544. The summed E-state index contributed by atoms with van der Waals surface area (Å²) in [5, 5.41) is 3.47. The standard InChI is InChI=1S/C25H31BrN2O3/c1-15-21(24(30)28-10-6-5-7-11-28)22(16-8-9-20(31-4)17(26)12-16)23-18(27-15)13-25(2,3)14-19(23)29/h8-9,12,22,27H,5-7,10-11,13-14H2,1-4H3/t22-/m0/s1. The van der Waals surface area contributed by atoms with Gasteiger partial charge in [-0.3, -0.25) is 9.59 Å². The minimum Gasteiger partial charge on any atom is -0.496 e. The van der Waals surface area contributed by atoms with Gasteiger partial charge < -0.3 is 15.0 Å². The number of hydrogen-bond acceptors (Lipinski definition) is 4. The molecule has 0 spiro atoms. The van der Waals surface area contributed by atoms with E-state index in [0.29, 0.717) is 12.0 Å². The van der Waals surface area contributed by atoms with Gasteiger partial charge >= 0.3 is 0 Å². The zero-order valence-electron chi connectivity index (χ0n) is 18.8. The monoisotopic (exact) mass is 486 g/mol. The Labute approximate surface area is 193 Å². The van der Waals surface area contributed by atoms with Gasteiger partial charge in [0.1, 0.15) is 5.75 Å². The van der Waals surface area contributed by atoms with Gasteiger partial charge in [-0.2, -0.15) is 0 Å². The molecule has 0 bridgehead atoms. The maximum Gasteiger partial charge on any atom is 0.252 e. The summed E-state index contributed by atoms with van der Waals surface area (Å²) in [4.78, 5) is 29.1. The van der Waals surface area contributed by atoms with Crippen LogP contribution in [0.4, 0.5) is 0 Å². The second-order valence-electron chi connectivity index (χ2n) is 9.68. The van der Waals surface area contributed by atoms with Gasteiger partial charge in [0.25, 0.3) is 5.91 Å². The van der Waals surface area contributed by atoms with Gasteiger partial charge in [0, 0.05) is 48.0 Å². The number of amides is 1. The summed E-state index contributed by atoms with van der Waals surface area (Å²) in [6, 6.07) is 5.87. The van der Waals surface area contributed by atoms with E-state index < -0.39 is 0 Å². The molecule has 1 atom stereocenters. The highest BCUT2D eigenvalue weighted by molar-refractivity contribution is 9.10. The third-order valence-corrected chi connectivity index (χ3v) is 7.24. The topological polar surface area (TPSA) is 58.6 Å². The molecule has 1 fully saturated rings. The number of ketones is 1. The number of rotatable bonds is 3. The second-order valence-corrected chi connectivity index (χ2v) is 10.5. The number of methoxy groups -OCH3 is 1. The first-order valence-electron chi connectivity index (χ1n) is 11.1. The SMILES string of the molecule is COc1ccc([C@H]2C(C(=O)N3CCCCC3)=C(C)NC3=C2C(=O)CC(C)(C)C3)cc1Br. The highest BCUT2D eigenvalue weighted by atomic mass is 79.9. The van der Waals surface area contributed by atoms with Crippen LogP contribution in [0.5, 0.6) is 5.75 Å². The highest BCUT2D eigenvalue weighted by Crippen LogP contribution is 2.47. The van der Waals surface area contributed by atoms with Gasteiger partial charge in [-0.05, 0) is 71.6 Å². The Morgan fingerprint density at radius 3 is 2.55 bits per heavy atom. The van der Waals surface area contributed by atoms with Gasteiger partial charge in [0.15, 0.2) is 5.78 Å². The molecule has 1 aromatic carbocycles. The summed E-state index contributed by atoms with van der Waals surface area (Å²) in [7, 11) is 1.63. The lowest BCUT2D eigenvalue weighted by atomic mass is 9.68. The van der Waals surface area contributed by atoms with Crippen LogP contribution < -0.4 is 10.1 Å². The lowest BCUT2D eigenvalue weighted by molar-refractivity contribution is -0.128. The van der Waals surface area contributed by atoms with Crippen LogP contribution in [0, 0.1) is 5.41 Å². The van der Waals surface area contributed by atoms with Gasteiger partial charge in [0.05, 0.1) is 11.6 Å². The third-order valence-electron chi connectivity index (χ3n) is 6.62. The summed E-state index contributed by atoms with van der Waals surface area (Å²) in [6.07, 6.45) is 4.52. The zero-order valence-corrected chi connectivity index (χ0v) is 20.4. The summed E-state index contributed by atoms with van der Waals surface area (Å²) < 4.78 is 6.23. The van der Waals surface area contributed by atoms with Gasteiger partial charge in [0.2, 0.25) is 0 Å². The summed E-state index contributed by atoms with van der Waals surface area (Å²) >= 11 is 3.59. The molecule has 6 heteroatoms. The average molecular weight is 487 g/mol. The molecule has 0 radical (unpaired) electrons. The maximum atomic E-state index is 13.7. The number of halogens is 1. The molecule has 4 rings (SSSR count). The van der Waals surface area contributed by atoms with Crippen LogP contribution in [0.3, 0.4) is 0 Å². The van der Waals surface area contributed by atoms with Crippen LogP contribution in [-0.2, 0) is 9.59 Å². The van der Waals surface area contributed by atoms with E-state index in [4.69, 9.17) is 4.74 Å². The minimum absolute atomic E-state index is 0.0471. The number of ether oxygens (including phenoxy) is 1. The van der Waals surface area contributed by atoms with E-state index in [0.717, 1.165) is 71.5 Å². The van der Waals surface area contributed by atoms with Gasteiger partial charge in [-0.25, -0.2) is 0 Å². The molecule has 1 aromatic rings. The Morgan fingerprint density at radius 1 is 1.19 bits per heavy atom. The molecule has 1 aliphatic carbocycles. The molecule has 5 nitrogen and oxygen atoms in total. The number of carbonyl (C=O) groups excluding carboxylic acids is 2. The summed E-state index contributed by atoms with van der Waals surface area (Å²) in [5.41, 5.74) is 4.12. The Hall–Kier alpha value is -2.08. The molecule has 1 amide bonds. The first-order valence-corrected chi connectivity index (χ1v) is 11.9. The van der Waals surface area contributed by atoms with Crippen molar-refractivity contribution in [3.8, 4) is 5.75 Å². The fraction of sp³-hybridized carbons (Fsp3) is 0.520. The van der Waals surface area contributed by atoms with Crippen molar-refractivity contribution in [2.45, 2.75) is 58.8 Å². The largest absolute Gasteiger partial charge is 0.496 e. The van der Waals surface area contributed by atoms with Crippen molar-refractivity contribution in [1.82, 2.24) is 10.2 Å². The van der Waals surface area contributed by atoms with E-state index in [9.17, 15) is 9.59 Å². The molecule has 0 aromatic heterocycles. The smallest absolute Gasteiger partial charge is 0.252 e. The number of nitrogens with zero attached hydrogens (tertiary/aromatic N) is 1. The van der Waals surface area contributed by atoms with Gasteiger partial charge in [-0.15, -0.1) is 0 Å². The Morgan fingerprint density at radius 2 is 1.90 bits per heavy atom. The van der Waals surface area contributed by atoms with E-state index in [1.807, 2.05) is 30.0 Å². The number of nitrogens with one attached hydrogen (secondary N) is 1. The van der Waals surface area contributed by atoms with Crippen LogP contribution in [0.2, 0.25) is 0 Å². The van der Waals surface area contributed by atoms with E-state index in [1.165, 1.54) is 0 Å². The van der Waals surface area contributed by atoms with E-state index in [-0.39, 0.29) is 23.0 Å². The van der Waals surface area contributed by atoms with E-state index >= 15 is 0 Å². The van der Waals surface area contributed by atoms with Crippen molar-refractivity contribution in [3.05, 3.63) is 50.8 Å². The first kappa shape index (κ1) is 22.1. The van der Waals surface area contributed by atoms with Crippen LogP contribution in [-0.4, -0.2) is 36.8 Å². The second kappa shape index (κ2) is 8.45. The first-order chi connectivity index (χ1) is 14.7. The minimum atomic E-state index is -0.364. The number of piperidine rings is 1. The predicted molar refractivity (Wildman–Crippen MR) is 125 cm³/mol. The predicted octanol–water partition coefficient (Wildman–Crippen LogP) is 5.07. The summed E-state index contributed by atoms with van der Waals surface area (Å²) in [6.45, 7) is 7.78. The molecule has 31 heavy (non-hydrogen) atoms. The molecule has 3 aliphatic rings. The fourth-order valence-electron chi connectivity index (χ4n) is 5.18. The lowest BCUT2D eigenvalue weighted by Crippen LogP contribution is -2.43. The fourth-order valence-corrected chi connectivity index (χ4v) is 5.74. The molecule has 2 heterocycles. The Bertz CT molecular complexity index is 986. The molecule has 166 valence electrons. The number of benzene rings is 1. The average Bonchev–Trinajstić information content (AvgIpc) is 2.72. The number of dihydropyridines is 1. The number of likely N-dealkylation sites (tertiary alicyclic amines) is 1. The number of Topliss-reactive ketones (excluding diaryl/α,β-unsaturated/α-hetero) is 1. The quantitative estimate of drug-likeness (QED) is 0.647. The van der Waals surface area contributed by atoms with Crippen molar-refractivity contribution in [2.75, 3.05) is 20.2 Å². The normalized spacial score (nSPS) is 23.5. The molecule has 2 aliphatic heterocycles. The molecule has 0 unspecified atom stereocenters. The van der Waals surface area contributed by atoms with Crippen molar-refractivity contribution < 1.29 is 14.3 Å². The van der Waals surface area contributed by atoms with Gasteiger partial charge in [-0.1, -0.05) is 19.9 Å².